The van der Waals surface area contributed by atoms with Crippen LogP contribution >= 0.6 is 15.9 Å². The molecule has 72 valence electrons. The van der Waals surface area contributed by atoms with Crippen LogP contribution in [0.25, 0.3) is 0 Å². The number of aromatic nitrogens is 2. The Hall–Kier alpha value is -0.350. The smallest absolute Gasteiger partial charge is 0.177 e. The van der Waals surface area contributed by atoms with E-state index in [1.165, 1.54) is 18.5 Å². The second kappa shape index (κ2) is 3.80. The lowest BCUT2D eigenvalue weighted by Gasteiger charge is -2.06. The molecule has 0 bridgehead atoms. The first-order valence-corrected chi connectivity index (χ1v) is 5.54. The molecule has 1 aliphatic rings. The zero-order valence-corrected chi connectivity index (χ0v) is 9.34. The van der Waals surface area contributed by atoms with E-state index < -0.39 is 0 Å². The van der Waals surface area contributed by atoms with Gasteiger partial charge in [-0.05, 0) is 35.7 Å². The van der Waals surface area contributed by atoms with Gasteiger partial charge in [0.15, 0.2) is 4.73 Å². The fourth-order valence-corrected chi connectivity index (χ4v) is 1.98. The highest BCUT2D eigenvalue weighted by Crippen LogP contribution is 2.20. The second-order valence-corrected chi connectivity index (χ2v) is 4.13. The predicted octanol–water partition coefficient (Wildman–Crippen LogP) is 1.92. The summed E-state index contributed by atoms with van der Waals surface area (Å²) in [4.78, 5) is 4.23. The minimum Gasteiger partial charge on any atom is -0.322 e. The quantitative estimate of drug-likeness (QED) is 0.876. The van der Waals surface area contributed by atoms with Crippen molar-refractivity contribution in [3.8, 4) is 0 Å². The highest BCUT2D eigenvalue weighted by molar-refractivity contribution is 9.10. The highest BCUT2D eigenvalue weighted by Gasteiger charge is 2.20. The Kier molecular flexibility index (Phi) is 2.69. The Morgan fingerprint density at radius 3 is 3.08 bits per heavy atom. The number of imidazole rings is 1. The molecule has 13 heavy (non-hydrogen) atoms. The highest BCUT2D eigenvalue weighted by atomic mass is 79.9. The van der Waals surface area contributed by atoms with E-state index in [-0.39, 0.29) is 0 Å². The largest absolute Gasteiger partial charge is 0.322 e. The summed E-state index contributed by atoms with van der Waals surface area (Å²) in [7, 11) is 0. The molecule has 0 amide bonds. The van der Waals surface area contributed by atoms with E-state index in [9.17, 15) is 0 Å². The van der Waals surface area contributed by atoms with Crippen LogP contribution in [0.5, 0.6) is 0 Å². The third-order valence-electron chi connectivity index (χ3n) is 2.35. The number of hydrogen-bond donors (Lipinski definition) is 1. The van der Waals surface area contributed by atoms with Gasteiger partial charge in [0.2, 0.25) is 0 Å². The Morgan fingerprint density at radius 2 is 2.46 bits per heavy atom. The molecule has 1 fully saturated rings. The topological polar surface area (TPSA) is 29.9 Å². The average Bonchev–Trinajstić information content (AvgIpc) is 2.88. The van der Waals surface area contributed by atoms with Gasteiger partial charge in [0, 0.05) is 19.1 Å². The summed E-state index contributed by atoms with van der Waals surface area (Å²) >= 11 is 3.42. The van der Waals surface area contributed by atoms with Crippen molar-refractivity contribution in [2.24, 2.45) is 0 Å². The molecular weight excluding hydrogens is 230 g/mol. The molecule has 1 N–H and O–H groups in total. The van der Waals surface area contributed by atoms with Gasteiger partial charge in [-0.3, -0.25) is 0 Å². The molecule has 0 unspecified atom stereocenters. The summed E-state index contributed by atoms with van der Waals surface area (Å²) in [5.41, 5.74) is 1.27. The number of halogens is 1. The van der Waals surface area contributed by atoms with Crippen LogP contribution in [0.15, 0.2) is 10.9 Å². The van der Waals surface area contributed by atoms with E-state index in [1.807, 2.05) is 6.20 Å². The zero-order valence-electron chi connectivity index (χ0n) is 7.76. The molecule has 0 saturated heterocycles. The molecule has 0 spiro atoms. The third kappa shape index (κ3) is 2.11. The van der Waals surface area contributed by atoms with Gasteiger partial charge >= 0.3 is 0 Å². The fourth-order valence-electron chi connectivity index (χ4n) is 1.40. The molecule has 0 radical (unpaired) electrons. The molecule has 4 heteroatoms. The molecule has 0 aromatic carbocycles. The molecule has 2 rings (SSSR count). The van der Waals surface area contributed by atoms with Crippen molar-refractivity contribution in [1.82, 2.24) is 14.9 Å². The maximum Gasteiger partial charge on any atom is 0.177 e. The summed E-state index contributed by atoms with van der Waals surface area (Å²) in [6.45, 7) is 4.05. The lowest BCUT2D eigenvalue weighted by molar-refractivity contribution is 0.619. The number of hydrogen-bond acceptors (Lipinski definition) is 2. The zero-order chi connectivity index (χ0) is 9.26. The molecule has 1 heterocycles. The van der Waals surface area contributed by atoms with Crippen LogP contribution in [-0.2, 0) is 13.1 Å². The minimum absolute atomic E-state index is 0.763. The van der Waals surface area contributed by atoms with Crippen molar-refractivity contribution in [2.75, 3.05) is 0 Å². The van der Waals surface area contributed by atoms with Crippen molar-refractivity contribution in [2.45, 2.75) is 38.9 Å². The van der Waals surface area contributed by atoms with Gasteiger partial charge in [-0.1, -0.05) is 0 Å². The Labute approximate surface area is 86.7 Å². The molecule has 1 aliphatic carbocycles. The Bertz CT molecular complexity index is 291. The van der Waals surface area contributed by atoms with E-state index in [2.05, 4.69) is 37.7 Å². The summed E-state index contributed by atoms with van der Waals surface area (Å²) in [6, 6.07) is 0.763. The second-order valence-electron chi connectivity index (χ2n) is 3.42. The van der Waals surface area contributed by atoms with Crippen molar-refractivity contribution in [3.05, 3.63) is 16.6 Å². The molecule has 0 atom stereocenters. The van der Waals surface area contributed by atoms with Gasteiger partial charge in [-0.25, -0.2) is 4.98 Å². The van der Waals surface area contributed by atoms with E-state index in [4.69, 9.17) is 0 Å². The van der Waals surface area contributed by atoms with Crippen LogP contribution in [0, 0.1) is 0 Å². The monoisotopic (exact) mass is 243 g/mol. The SMILES string of the molecule is CCn1c(CNC2CC2)cnc1Br. The van der Waals surface area contributed by atoms with Gasteiger partial charge in [-0.2, -0.15) is 0 Å². The van der Waals surface area contributed by atoms with Gasteiger partial charge in [0.05, 0.1) is 11.9 Å². The maximum absolute atomic E-state index is 4.23. The van der Waals surface area contributed by atoms with Crippen molar-refractivity contribution < 1.29 is 0 Å². The first-order valence-electron chi connectivity index (χ1n) is 4.74. The van der Waals surface area contributed by atoms with Crippen LogP contribution in [0.4, 0.5) is 0 Å². The molecule has 1 aromatic rings. The molecule has 1 aromatic heterocycles. The van der Waals surface area contributed by atoms with Gasteiger partial charge in [0.25, 0.3) is 0 Å². The van der Waals surface area contributed by atoms with Crippen LogP contribution in [0.2, 0.25) is 0 Å². The normalized spacial score (nSPS) is 16.5. The fraction of sp³-hybridized carbons (Fsp3) is 0.667. The van der Waals surface area contributed by atoms with Gasteiger partial charge in [0.1, 0.15) is 0 Å². The maximum atomic E-state index is 4.23. The van der Waals surface area contributed by atoms with E-state index in [0.29, 0.717) is 0 Å². The summed E-state index contributed by atoms with van der Waals surface area (Å²) in [5, 5.41) is 3.48. The summed E-state index contributed by atoms with van der Waals surface area (Å²) in [5.74, 6) is 0. The van der Waals surface area contributed by atoms with Crippen LogP contribution in [-0.4, -0.2) is 15.6 Å². The van der Waals surface area contributed by atoms with Crippen LogP contribution in [0.1, 0.15) is 25.5 Å². The lowest BCUT2D eigenvalue weighted by atomic mass is 10.4. The number of nitrogens with one attached hydrogen (secondary N) is 1. The first kappa shape index (κ1) is 9.21. The predicted molar refractivity (Wildman–Crippen MR) is 55.5 cm³/mol. The molecular formula is C9H14BrN3. The lowest BCUT2D eigenvalue weighted by Crippen LogP contribution is -2.17. The molecule has 0 aliphatic heterocycles. The van der Waals surface area contributed by atoms with Crippen molar-refractivity contribution >= 4 is 15.9 Å². The minimum atomic E-state index is 0.763. The third-order valence-corrected chi connectivity index (χ3v) is 2.99. The van der Waals surface area contributed by atoms with E-state index in [0.717, 1.165) is 23.9 Å². The van der Waals surface area contributed by atoms with Crippen LogP contribution < -0.4 is 5.32 Å². The Balaban J connectivity index is 2.00. The van der Waals surface area contributed by atoms with E-state index >= 15 is 0 Å². The van der Waals surface area contributed by atoms with Crippen LogP contribution in [0.3, 0.4) is 0 Å². The number of rotatable bonds is 4. The first-order chi connectivity index (χ1) is 6.31. The summed E-state index contributed by atoms with van der Waals surface area (Å²) in [6.07, 6.45) is 4.60. The molecule has 1 saturated carbocycles. The van der Waals surface area contributed by atoms with Gasteiger partial charge in [-0.15, -0.1) is 0 Å². The number of nitrogens with zero attached hydrogens (tertiary/aromatic N) is 2. The average molecular weight is 244 g/mol. The summed E-state index contributed by atoms with van der Waals surface area (Å²) < 4.78 is 3.11. The van der Waals surface area contributed by atoms with E-state index in [1.54, 1.807) is 0 Å². The standard InChI is InChI=1S/C9H14BrN3/c1-2-13-8(6-12-9(13)10)5-11-7-3-4-7/h6-7,11H,2-5H2,1H3. The molecule has 3 nitrogen and oxygen atoms in total. The Morgan fingerprint density at radius 1 is 1.69 bits per heavy atom. The van der Waals surface area contributed by atoms with Gasteiger partial charge < -0.3 is 9.88 Å². The van der Waals surface area contributed by atoms with Crippen molar-refractivity contribution in [1.29, 1.82) is 0 Å². The van der Waals surface area contributed by atoms with Crippen molar-refractivity contribution in [3.63, 3.8) is 0 Å².